The summed E-state index contributed by atoms with van der Waals surface area (Å²) in [5, 5.41) is 12.8. The SMILES string of the molecule is CCOc1cccc(OCC(O)CNCCOC)c1. The molecule has 1 rings (SSSR count). The Kier molecular flexibility index (Phi) is 7.97. The van der Waals surface area contributed by atoms with Crippen molar-refractivity contribution in [2.75, 3.05) is 40.0 Å². The Hall–Kier alpha value is -1.30. The second-order valence-electron chi connectivity index (χ2n) is 4.07. The van der Waals surface area contributed by atoms with Crippen molar-refractivity contribution in [2.24, 2.45) is 0 Å². The molecule has 1 aromatic rings. The molecular weight excluding hydrogens is 246 g/mol. The molecule has 1 unspecified atom stereocenters. The van der Waals surface area contributed by atoms with Gasteiger partial charge >= 0.3 is 0 Å². The first kappa shape index (κ1) is 15.8. The third kappa shape index (κ3) is 7.00. The van der Waals surface area contributed by atoms with Gasteiger partial charge in [-0.25, -0.2) is 0 Å². The lowest BCUT2D eigenvalue weighted by Gasteiger charge is -2.13. The first-order chi connectivity index (χ1) is 9.26. The second kappa shape index (κ2) is 9.61. The van der Waals surface area contributed by atoms with E-state index in [1.54, 1.807) is 7.11 Å². The molecule has 0 aliphatic carbocycles. The summed E-state index contributed by atoms with van der Waals surface area (Å²) in [4.78, 5) is 0. The first-order valence-electron chi connectivity index (χ1n) is 6.49. The second-order valence-corrected chi connectivity index (χ2v) is 4.07. The van der Waals surface area contributed by atoms with Crippen LogP contribution in [0.25, 0.3) is 0 Å². The largest absolute Gasteiger partial charge is 0.494 e. The number of methoxy groups -OCH3 is 1. The summed E-state index contributed by atoms with van der Waals surface area (Å²) in [7, 11) is 1.65. The summed E-state index contributed by atoms with van der Waals surface area (Å²) < 4.78 is 15.8. The molecule has 108 valence electrons. The molecule has 5 heteroatoms. The van der Waals surface area contributed by atoms with E-state index in [2.05, 4.69) is 5.32 Å². The molecule has 0 fully saturated rings. The molecule has 1 aromatic carbocycles. The number of hydrogen-bond acceptors (Lipinski definition) is 5. The van der Waals surface area contributed by atoms with Crippen LogP contribution in [0.3, 0.4) is 0 Å². The summed E-state index contributed by atoms with van der Waals surface area (Å²) in [6, 6.07) is 7.39. The molecule has 0 saturated carbocycles. The van der Waals surface area contributed by atoms with Crippen molar-refractivity contribution in [3.8, 4) is 11.5 Å². The van der Waals surface area contributed by atoms with Crippen molar-refractivity contribution in [3.05, 3.63) is 24.3 Å². The molecule has 1 atom stereocenters. The molecule has 0 heterocycles. The topological polar surface area (TPSA) is 60.0 Å². The van der Waals surface area contributed by atoms with Gasteiger partial charge in [-0.05, 0) is 19.1 Å². The fourth-order valence-corrected chi connectivity index (χ4v) is 1.51. The molecular formula is C14H23NO4. The van der Waals surface area contributed by atoms with Crippen molar-refractivity contribution < 1.29 is 19.3 Å². The molecule has 5 nitrogen and oxygen atoms in total. The van der Waals surface area contributed by atoms with Crippen LogP contribution in [0.2, 0.25) is 0 Å². The first-order valence-corrected chi connectivity index (χ1v) is 6.49. The fourth-order valence-electron chi connectivity index (χ4n) is 1.51. The van der Waals surface area contributed by atoms with Gasteiger partial charge in [0, 0.05) is 26.3 Å². The predicted octanol–water partition coefficient (Wildman–Crippen LogP) is 1.06. The number of rotatable bonds is 10. The molecule has 0 radical (unpaired) electrons. The molecule has 2 N–H and O–H groups in total. The van der Waals surface area contributed by atoms with Gasteiger partial charge in [-0.2, -0.15) is 0 Å². The minimum Gasteiger partial charge on any atom is -0.494 e. The minimum atomic E-state index is -0.549. The van der Waals surface area contributed by atoms with Gasteiger partial charge in [0.05, 0.1) is 13.2 Å². The minimum absolute atomic E-state index is 0.246. The highest BCUT2D eigenvalue weighted by Crippen LogP contribution is 2.19. The van der Waals surface area contributed by atoms with E-state index in [0.29, 0.717) is 32.1 Å². The number of aliphatic hydroxyl groups excluding tert-OH is 1. The van der Waals surface area contributed by atoms with Crippen molar-refractivity contribution in [1.82, 2.24) is 5.32 Å². The number of benzene rings is 1. The Balaban J connectivity index is 2.25. The molecule has 0 aromatic heterocycles. The Labute approximate surface area is 114 Å². The predicted molar refractivity (Wildman–Crippen MR) is 73.9 cm³/mol. The van der Waals surface area contributed by atoms with E-state index in [1.807, 2.05) is 31.2 Å². The summed E-state index contributed by atoms with van der Waals surface area (Å²) in [6.45, 7) is 4.62. The maximum Gasteiger partial charge on any atom is 0.123 e. The Bertz CT molecular complexity index is 346. The van der Waals surface area contributed by atoms with Crippen LogP contribution in [-0.4, -0.2) is 51.2 Å². The zero-order valence-electron chi connectivity index (χ0n) is 11.6. The molecule has 0 saturated heterocycles. The number of nitrogens with one attached hydrogen (secondary N) is 1. The van der Waals surface area contributed by atoms with E-state index in [-0.39, 0.29) is 6.61 Å². The standard InChI is InChI=1S/C14H23NO4/c1-3-18-13-5-4-6-14(9-13)19-11-12(16)10-15-7-8-17-2/h4-6,9,12,15-16H,3,7-8,10-11H2,1-2H3. The molecule has 19 heavy (non-hydrogen) atoms. The van der Waals surface area contributed by atoms with E-state index < -0.39 is 6.10 Å². The normalized spacial score (nSPS) is 12.2. The maximum atomic E-state index is 9.72. The summed E-state index contributed by atoms with van der Waals surface area (Å²) in [5.41, 5.74) is 0. The van der Waals surface area contributed by atoms with Crippen LogP contribution in [0.5, 0.6) is 11.5 Å². The molecule has 0 aliphatic heterocycles. The van der Waals surface area contributed by atoms with Crippen LogP contribution in [-0.2, 0) is 4.74 Å². The van der Waals surface area contributed by atoms with Gasteiger partial charge < -0.3 is 24.6 Å². The highest BCUT2D eigenvalue weighted by molar-refractivity contribution is 5.32. The smallest absolute Gasteiger partial charge is 0.123 e. The van der Waals surface area contributed by atoms with E-state index in [1.165, 1.54) is 0 Å². The number of ether oxygens (including phenoxy) is 3. The van der Waals surface area contributed by atoms with Gasteiger partial charge in [-0.15, -0.1) is 0 Å². The zero-order chi connectivity index (χ0) is 13.9. The van der Waals surface area contributed by atoms with Gasteiger partial charge in [0.25, 0.3) is 0 Å². The number of hydrogen-bond donors (Lipinski definition) is 2. The van der Waals surface area contributed by atoms with Crippen LogP contribution in [0.4, 0.5) is 0 Å². The molecule has 0 aliphatic rings. The van der Waals surface area contributed by atoms with Crippen molar-refractivity contribution in [3.63, 3.8) is 0 Å². The lowest BCUT2D eigenvalue weighted by molar-refractivity contribution is 0.103. The van der Waals surface area contributed by atoms with Crippen molar-refractivity contribution in [1.29, 1.82) is 0 Å². The summed E-state index contributed by atoms with van der Waals surface area (Å²) in [6.07, 6.45) is -0.549. The Morgan fingerprint density at radius 3 is 2.68 bits per heavy atom. The van der Waals surface area contributed by atoms with E-state index in [0.717, 1.165) is 5.75 Å². The highest BCUT2D eigenvalue weighted by Gasteiger charge is 2.05. The van der Waals surface area contributed by atoms with Crippen LogP contribution in [0.1, 0.15) is 6.92 Å². The van der Waals surface area contributed by atoms with Gasteiger partial charge in [-0.3, -0.25) is 0 Å². The molecule has 0 amide bonds. The fraction of sp³-hybridized carbons (Fsp3) is 0.571. The third-order valence-corrected chi connectivity index (χ3v) is 2.42. The zero-order valence-corrected chi connectivity index (χ0v) is 11.6. The third-order valence-electron chi connectivity index (χ3n) is 2.42. The number of aliphatic hydroxyl groups is 1. The van der Waals surface area contributed by atoms with Crippen LogP contribution >= 0.6 is 0 Å². The summed E-state index contributed by atoms with van der Waals surface area (Å²) >= 11 is 0. The van der Waals surface area contributed by atoms with Crippen LogP contribution < -0.4 is 14.8 Å². The van der Waals surface area contributed by atoms with E-state index >= 15 is 0 Å². The monoisotopic (exact) mass is 269 g/mol. The maximum absolute atomic E-state index is 9.72. The lowest BCUT2D eigenvalue weighted by atomic mass is 10.3. The van der Waals surface area contributed by atoms with Gasteiger partial charge in [-0.1, -0.05) is 6.07 Å². The molecule has 0 bridgehead atoms. The van der Waals surface area contributed by atoms with E-state index in [4.69, 9.17) is 14.2 Å². The Morgan fingerprint density at radius 2 is 2.00 bits per heavy atom. The van der Waals surface area contributed by atoms with Crippen LogP contribution in [0, 0.1) is 0 Å². The van der Waals surface area contributed by atoms with Gasteiger partial charge in [0.15, 0.2) is 0 Å². The molecule has 0 spiro atoms. The highest BCUT2D eigenvalue weighted by atomic mass is 16.5. The van der Waals surface area contributed by atoms with Crippen LogP contribution in [0.15, 0.2) is 24.3 Å². The average Bonchev–Trinajstić information content (AvgIpc) is 2.42. The van der Waals surface area contributed by atoms with Gasteiger partial charge in [0.1, 0.15) is 24.2 Å². The quantitative estimate of drug-likeness (QED) is 0.622. The Morgan fingerprint density at radius 1 is 1.26 bits per heavy atom. The van der Waals surface area contributed by atoms with Crippen molar-refractivity contribution >= 4 is 0 Å². The lowest BCUT2D eigenvalue weighted by Crippen LogP contribution is -2.33. The van der Waals surface area contributed by atoms with Gasteiger partial charge in [0.2, 0.25) is 0 Å². The summed E-state index contributed by atoms with van der Waals surface area (Å²) in [5.74, 6) is 1.47. The average molecular weight is 269 g/mol. The van der Waals surface area contributed by atoms with Crippen molar-refractivity contribution in [2.45, 2.75) is 13.0 Å². The van der Waals surface area contributed by atoms with E-state index in [9.17, 15) is 5.11 Å².